The van der Waals surface area contributed by atoms with Crippen LogP contribution in [-0.2, 0) is 14.3 Å². The number of carbonyl (C=O) groups is 1. The smallest absolute Gasteiger partial charge is 0.346 e. The van der Waals surface area contributed by atoms with Gasteiger partial charge in [-0.3, -0.25) is 0 Å². The maximum atomic E-state index is 11.7. The molecular weight excluding hydrogens is 332 g/mol. The molecule has 0 amide bonds. The number of benzene rings is 1. The van der Waals surface area contributed by atoms with Crippen molar-refractivity contribution < 1.29 is 39.4 Å². The number of rotatable bonds is 5. The lowest BCUT2D eigenvalue weighted by Gasteiger charge is -2.39. The number of esters is 1. The first kappa shape index (κ1) is 17.9. The predicted molar refractivity (Wildman–Crippen MR) is 76.8 cm³/mol. The quantitative estimate of drug-likeness (QED) is 0.502. The number of hydrogen-bond acceptors (Lipinski definition) is 8. The fourth-order valence-electron chi connectivity index (χ4n) is 2.00. The minimum Gasteiger partial charge on any atom is -0.482 e. The molecule has 0 radical (unpaired) electrons. The van der Waals surface area contributed by atoms with E-state index in [1.54, 1.807) is 24.3 Å². The Balaban J connectivity index is 1.87. The second kappa shape index (κ2) is 7.91. The van der Waals surface area contributed by atoms with Crippen LogP contribution < -0.4 is 4.74 Å². The fourth-order valence-corrected chi connectivity index (χ4v) is 2.13. The zero-order valence-electron chi connectivity index (χ0n) is 11.9. The molecule has 0 aromatic heterocycles. The highest BCUT2D eigenvalue weighted by molar-refractivity contribution is 6.30. The van der Waals surface area contributed by atoms with Gasteiger partial charge >= 0.3 is 5.97 Å². The Morgan fingerprint density at radius 3 is 2.39 bits per heavy atom. The van der Waals surface area contributed by atoms with Gasteiger partial charge in [-0.2, -0.15) is 0 Å². The number of ether oxygens (including phenoxy) is 3. The Morgan fingerprint density at radius 1 is 1.13 bits per heavy atom. The molecule has 0 bridgehead atoms. The van der Waals surface area contributed by atoms with E-state index < -0.39 is 49.9 Å². The Labute approximate surface area is 136 Å². The number of carbonyl (C=O) groups excluding carboxylic acids is 1. The van der Waals surface area contributed by atoms with Gasteiger partial charge in [0.2, 0.25) is 6.29 Å². The Bertz CT molecular complexity index is 520. The fraction of sp³-hybridized carbons (Fsp3) is 0.500. The highest BCUT2D eigenvalue weighted by Crippen LogP contribution is 2.22. The number of hydrogen-bond donors (Lipinski definition) is 4. The summed E-state index contributed by atoms with van der Waals surface area (Å²) < 4.78 is 15.1. The Kier molecular flexibility index (Phi) is 6.17. The van der Waals surface area contributed by atoms with Crippen LogP contribution in [0, 0.1) is 0 Å². The SMILES string of the molecule is O=C(COc1ccc(Cl)cc1)O[C@H]1O[C@H](CO)[C@@H](O)[C@H](O)[C@H]1O. The maximum Gasteiger partial charge on any atom is 0.346 e. The van der Waals surface area contributed by atoms with Gasteiger partial charge in [0, 0.05) is 5.02 Å². The van der Waals surface area contributed by atoms with Crippen LogP contribution in [0.3, 0.4) is 0 Å². The molecule has 9 heteroatoms. The molecule has 8 nitrogen and oxygen atoms in total. The van der Waals surface area contributed by atoms with Crippen molar-refractivity contribution in [2.45, 2.75) is 30.7 Å². The van der Waals surface area contributed by atoms with E-state index in [2.05, 4.69) is 0 Å². The van der Waals surface area contributed by atoms with E-state index in [0.29, 0.717) is 10.8 Å². The van der Waals surface area contributed by atoms with E-state index in [-0.39, 0.29) is 0 Å². The van der Waals surface area contributed by atoms with Crippen molar-refractivity contribution in [2.75, 3.05) is 13.2 Å². The third-order valence-corrected chi connectivity index (χ3v) is 3.52. The molecule has 1 aliphatic heterocycles. The molecule has 4 N–H and O–H groups in total. The van der Waals surface area contributed by atoms with Gasteiger partial charge in [-0.15, -0.1) is 0 Å². The van der Waals surface area contributed by atoms with Crippen LogP contribution in [0.1, 0.15) is 0 Å². The number of aliphatic hydroxyl groups is 4. The van der Waals surface area contributed by atoms with Crippen molar-refractivity contribution >= 4 is 17.6 Å². The summed E-state index contributed by atoms with van der Waals surface area (Å²) in [6.45, 7) is -1.07. The second-order valence-electron chi connectivity index (χ2n) is 4.93. The van der Waals surface area contributed by atoms with Crippen molar-refractivity contribution in [3.8, 4) is 5.75 Å². The van der Waals surface area contributed by atoms with E-state index in [0.717, 1.165) is 0 Å². The molecule has 23 heavy (non-hydrogen) atoms. The monoisotopic (exact) mass is 348 g/mol. The summed E-state index contributed by atoms with van der Waals surface area (Å²) >= 11 is 5.72. The van der Waals surface area contributed by atoms with Gasteiger partial charge < -0.3 is 34.6 Å². The van der Waals surface area contributed by atoms with Crippen LogP contribution in [0.2, 0.25) is 5.02 Å². The van der Waals surface area contributed by atoms with Crippen molar-refractivity contribution in [3.05, 3.63) is 29.3 Å². The zero-order valence-corrected chi connectivity index (χ0v) is 12.7. The molecule has 1 aromatic carbocycles. The third kappa shape index (κ3) is 4.54. The molecule has 1 aliphatic rings. The normalized spacial score (nSPS) is 30.7. The molecular formula is C14H17ClO8. The van der Waals surface area contributed by atoms with E-state index in [1.807, 2.05) is 0 Å². The van der Waals surface area contributed by atoms with Gasteiger partial charge in [-0.25, -0.2) is 4.79 Å². The van der Waals surface area contributed by atoms with Gasteiger partial charge in [-0.05, 0) is 24.3 Å². The first-order valence-electron chi connectivity index (χ1n) is 6.80. The van der Waals surface area contributed by atoms with Crippen LogP contribution in [-0.4, -0.2) is 70.3 Å². The molecule has 0 aliphatic carbocycles. The van der Waals surface area contributed by atoms with Gasteiger partial charge in [0.15, 0.2) is 6.61 Å². The zero-order chi connectivity index (χ0) is 17.0. The first-order valence-corrected chi connectivity index (χ1v) is 7.18. The summed E-state index contributed by atoms with van der Waals surface area (Å²) in [6, 6.07) is 6.28. The predicted octanol–water partition coefficient (Wildman–Crippen LogP) is -0.938. The average molecular weight is 349 g/mol. The minimum atomic E-state index is -1.65. The van der Waals surface area contributed by atoms with Gasteiger partial charge in [0.25, 0.3) is 0 Å². The summed E-state index contributed by atoms with van der Waals surface area (Å²) in [5, 5.41) is 38.5. The Morgan fingerprint density at radius 2 is 1.78 bits per heavy atom. The number of aliphatic hydroxyl groups excluding tert-OH is 4. The number of halogens is 1. The van der Waals surface area contributed by atoms with Crippen LogP contribution in [0.5, 0.6) is 5.75 Å². The summed E-state index contributed by atoms with van der Waals surface area (Å²) in [7, 11) is 0. The Hall–Kier alpha value is -1.42. The third-order valence-electron chi connectivity index (χ3n) is 3.27. The molecule has 0 spiro atoms. The van der Waals surface area contributed by atoms with Gasteiger partial charge in [0.05, 0.1) is 6.61 Å². The van der Waals surface area contributed by atoms with Crippen LogP contribution in [0.25, 0.3) is 0 Å². The van der Waals surface area contributed by atoms with E-state index >= 15 is 0 Å². The summed E-state index contributed by atoms with van der Waals surface area (Å²) in [5.74, 6) is -0.468. The average Bonchev–Trinajstić information content (AvgIpc) is 2.55. The van der Waals surface area contributed by atoms with Crippen LogP contribution >= 0.6 is 11.6 Å². The molecule has 1 saturated heterocycles. The summed E-state index contributed by atoms with van der Waals surface area (Å²) in [4.78, 5) is 11.7. The molecule has 1 aromatic rings. The lowest BCUT2D eigenvalue weighted by molar-refractivity contribution is -0.293. The van der Waals surface area contributed by atoms with Crippen molar-refractivity contribution in [3.63, 3.8) is 0 Å². The molecule has 0 unspecified atom stereocenters. The standard InChI is InChI=1S/C14H17ClO8/c15-7-1-3-8(4-2-7)21-6-10(17)23-14-13(20)12(19)11(18)9(5-16)22-14/h1-4,9,11-14,16,18-20H,5-6H2/t9-,11-,12+,13-,14-/m1/s1. The highest BCUT2D eigenvalue weighted by atomic mass is 35.5. The molecule has 1 fully saturated rings. The van der Waals surface area contributed by atoms with E-state index in [1.165, 1.54) is 0 Å². The maximum absolute atomic E-state index is 11.7. The van der Waals surface area contributed by atoms with Crippen LogP contribution in [0.4, 0.5) is 0 Å². The van der Waals surface area contributed by atoms with E-state index in [4.69, 9.17) is 30.9 Å². The highest BCUT2D eigenvalue weighted by Gasteiger charge is 2.45. The van der Waals surface area contributed by atoms with Gasteiger partial charge in [-0.1, -0.05) is 11.6 Å². The van der Waals surface area contributed by atoms with Crippen molar-refractivity contribution in [1.82, 2.24) is 0 Å². The molecule has 1 heterocycles. The topological polar surface area (TPSA) is 126 Å². The molecule has 128 valence electrons. The van der Waals surface area contributed by atoms with Crippen molar-refractivity contribution in [2.24, 2.45) is 0 Å². The lowest BCUT2D eigenvalue weighted by atomic mass is 9.99. The molecule has 0 saturated carbocycles. The minimum absolute atomic E-state index is 0.389. The second-order valence-corrected chi connectivity index (χ2v) is 5.37. The molecule has 5 atom stereocenters. The summed E-state index contributed by atoms with van der Waals surface area (Å²) in [5.41, 5.74) is 0. The molecule has 2 rings (SSSR count). The largest absolute Gasteiger partial charge is 0.482 e. The first-order chi connectivity index (χ1) is 10.9. The summed E-state index contributed by atoms with van der Waals surface area (Å²) in [6.07, 6.45) is -7.45. The van der Waals surface area contributed by atoms with Crippen LogP contribution in [0.15, 0.2) is 24.3 Å². The van der Waals surface area contributed by atoms with Crippen molar-refractivity contribution in [1.29, 1.82) is 0 Å². The van der Waals surface area contributed by atoms with Gasteiger partial charge in [0.1, 0.15) is 30.2 Å². The lowest BCUT2D eigenvalue weighted by Crippen LogP contribution is -2.59. The van der Waals surface area contributed by atoms with E-state index in [9.17, 15) is 20.1 Å².